The first-order chi connectivity index (χ1) is 8.71. The minimum atomic E-state index is 0.161. The molecular weight excluding hydrogens is 238 g/mol. The van der Waals surface area contributed by atoms with Crippen molar-refractivity contribution < 1.29 is 9.26 Å². The van der Waals surface area contributed by atoms with Crippen LogP contribution in [-0.4, -0.2) is 27.2 Å². The Morgan fingerprint density at radius 1 is 1.33 bits per heavy atom. The van der Waals surface area contributed by atoms with Gasteiger partial charge in [0.25, 0.3) is 0 Å². The maximum absolute atomic E-state index is 5.24. The van der Waals surface area contributed by atoms with E-state index < -0.39 is 0 Å². The number of hydrogen-bond donors (Lipinski definition) is 3. The van der Waals surface area contributed by atoms with E-state index in [2.05, 4.69) is 30.9 Å². The number of rotatable bonds is 5. The van der Waals surface area contributed by atoms with E-state index in [9.17, 15) is 0 Å². The standard InChI is InChI=1S/C9H13N7O2/c1-5-3-6(18-16-5)4-11-7-12-8(15-10)14-9(13-7)17-2/h3H,4,10H2,1-2H3,(H2,11,12,13,14,15). The molecule has 18 heavy (non-hydrogen) atoms. The fraction of sp³-hybridized carbons (Fsp3) is 0.333. The van der Waals surface area contributed by atoms with E-state index in [1.165, 1.54) is 7.11 Å². The molecule has 0 unspecified atom stereocenters. The predicted molar refractivity (Wildman–Crippen MR) is 62.8 cm³/mol. The third kappa shape index (κ3) is 2.83. The summed E-state index contributed by atoms with van der Waals surface area (Å²) < 4.78 is 9.96. The fourth-order valence-electron chi connectivity index (χ4n) is 1.26. The van der Waals surface area contributed by atoms with Gasteiger partial charge in [0.1, 0.15) is 0 Å². The Morgan fingerprint density at radius 2 is 2.11 bits per heavy atom. The maximum atomic E-state index is 5.24. The minimum Gasteiger partial charge on any atom is -0.467 e. The molecule has 0 saturated heterocycles. The van der Waals surface area contributed by atoms with Crippen LogP contribution in [0.4, 0.5) is 11.9 Å². The SMILES string of the molecule is COc1nc(NN)nc(NCc2cc(C)no2)n1. The quantitative estimate of drug-likeness (QED) is 0.500. The van der Waals surface area contributed by atoms with Crippen LogP contribution >= 0.6 is 0 Å². The summed E-state index contributed by atoms with van der Waals surface area (Å²) in [6.45, 7) is 2.24. The summed E-state index contributed by atoms with van der Waals surface area (Å²) in [4.78, 5) is 11.9. The van der Waals surface area contributed by atoms with E-state index in [4.69, 9.17) is 15.1 Å². The number of aromatic nitrogens is 4. The topological polar surface area (TPSA) is 124 Å². The first-order valence-corrected chi connectivity index (χ1v) is 5.14. The highest BCUT2D eigenvalue weighted by atomic mass is 16.5. The molecule has 0 atom stereocenters. The summed E-state index contributed by atoms with van der Waals surface area (Å²) >= 11 is 0. The maximum Gasteiger partial charge on any atom is 0.322 e. The van der Waals surface area contributed by atoms with Gasteiger partial charge in [-0.15, -0.1) is 0 Å². The van der Waals surface area contributed by atoms with Crippen LogP contribution in [0.1, 0.15) is 11.5 Å². The van der Waals surface area contributed by atoms with E-state index in [0.29, 0.717) is 18.3 Å². The number of nitrogens with one attached hydrogen (secondary N) is 2. The molecule has 0 aromatic carbocycles. The van der Waals surface area contributed by atoms with Crippen LogP contribution in [0, 0.1) is 6.92 Å². The molecule has 0 radical (unpaired) electrons. The molecule has 0 spiro atoms. The van der Waals surface area contributed by atoms with Crippen LogP contribution in [0.25, 0.3) is 0 Å². The molecule has 0 aliphatic carbocycles. The number of ether oxygens (including phenoxy) is 1. The Kier molecular flexibility index (Phi) is 3.53. The molecule has 9 heteroatoms. The number of nitrogens with two attached hydrogens (primary N) is 1. The second-order valence-electron chi connectivity index (χ2n) is 3.40. The zero-order valence-electron chi connectivity index (χ0n) is 9.97. The van der Waals surface area contributed by atoms with Gasteiger partial charge in [0.05, 0.1) is 19.3 Å². The summed E-state index contributed by atoms with van der Waals surface area (Å²) in [6.07, 6.45) is 0. The first-order valence-electron chi connectivity index (χ1n) is 5.14. The van der Waals surface area contributed by atoms with Gasteiger partial charge in [0.15, 0.2) is 5.76 Å². The normalized spacial score (nSPS) is 10.2. The lowest BCUT2D eigenvalue weighted by Crippen LogP contribution is -2.14. The molecule has 4 N–H and O–H groups in total. The molecule has 0 amide bonds. The molecule has 0 fully saturated rings. The lowest BCUT2D eigenvalue weighted by molar-refractivity contribution is 0.377. The zero-order valence-corrected chi connectivity index (χ0v) is 9.97. The average Bonchev–Trinajstić information content (AvgIpc) is 2.81. The van der Waals surface area contributed by atoms with Crippen molar-refractivity contribution in [1.82, 2.24) is 20.1 Å². The summed E-state index contributed by atoms with van der Waals surface area (Å²) in [5.74, 6) is 6.44. The number of hydrazine groups is 1. The van der Waals surface area contributed by atoms with Crippen molar-refractivity contribution in [3.63, 3.8) is 0 Å². The van der Waals surface area contributed by atoms with Crippen LogP contribution in [0.2, 0.25) is 0 Å². The smallest absolute Gasteiger partial charge is 0.322 e. The Bertz CT molecular complexity index is 505. The van der Waals surface area contributed by atoms with Gasteiger partial charge in [-0.3, -0.25) is 5.43 Å². The van der Waals surface area contributed by atoms with Gasteiger partial charge in [-0.25, -0.2) is 5.84 Å². The molecule has 0 aliphatic heterocycles. The van der Waals surface area contributed by atoms with Crippen LogP contribution in [0.5, 0.6) is 6.01 Å². The largest absolute Gasteiger partial charge is 0.467 e. The van der Waals surface area contributed by atoms with E-state index in [0.717, 1.165) is 5.69 Å². The van der Waals surface area contributed by atoms with Crippen molar-refractivity contribution in [1.29, 1.82) is 0 Å². The number of anilines is 2. The number of aryl methyl sites for hydroxylation is 1. The van der Waals surface area contributed by atoms with E-state index in [-0.39, 0.29) is 12.0 Å². The van der Waals surface area contributed by atoms with Gasteiger partial charge in [-0.05, 0) is 6.92 Å². The van der Waals surface area contributed by atoms with Crippen molar-refractivity contribution in [2.45, 2.75) is 13.5 Å². The number of nitrogen functional groups attached to an aromatic ring is 1. The van der Waals surface area contributed by atoms with Crippen LogP contribution in [-0.2, 0) is 6.54 Å². The predicted octanol–water partition coefficient (Wildman–Crippen LogP) is 0.0743. The highest BCUT2D eigenvalue weighted by Gasteiger charge is 2.07. The van der Waals surface area contributed by atoms with Gasteiger partial charge in [-0.2, -0.15) is 15.0 Å². The fourth-order valence-corrected chi connectivity index (χ4v) is 1.26. The second kappa shape index (κ2) is 5.27. The summed E-state index contributed by atoms with van der Waals surface area (Å²) in [5, 5.41) is 6.72. The third-order valence-electron chi connectivity index (χ3n) is 2.02. The average molecular weight is 251 g/mol. The van der Waals surface area contributed by atoms with Crippen molar-refractivity contribution in [2.24, 2.45) is 5.84 Å². The molecule has 2 heterocycles. The van der Waals surface area contributed by atoms with E-state index in [1.54, 1.807) is 0 Å². The highest BCUT2D eigenvalue weighted by molar-refractivity contribution is 5.35. The van der Waals surface area contributed by atoms with Gasteiger partial charge in [-0.1, -0.05) is 5.16 Å². The third-order valence-corrected chi connectivity index (χ3v) is 2.02. The van der Waals surface area contributed by atoms with E-state index >= 15 is 0 Å². The summed E-state index contributed by atoms with van der Waals surface area (Å²) in [6, 6.07) is 1.97. The number of methoxy groups -OCH3 is 1. The molecule has 9 nitrogen and oxygen atoms in total. The van der Waals surface area contributed by atoms with E-state index in [1.807, 2.05) is 13.0 Å². The van der Waals surface area contributed by atoms with Gasteiger partial charge >= 0.3 is 6.01 Å². The van der Waals surface area contributed by atoms with Gasteiger partial charge in [0, 0.05) is 6.07 Å². The molecule has 96 valence electrons. The summed E-state index contributed by atoms with van der Waals surface area (Å²) in [7, 11) is 1.46. The van der Waals surface area contributed by atoms with Crippen molar-refractivity contribution in [3.8, 4) is 6.01 Å². The lowest BCUT2D eigenvalue weighted by atomic mass is 10.4. The zero-order chi connectivity index (χ0) is 13.0. The first kappa shape index (κ1) is 12.0. The Morgan fingerprint density at radius 3 is 2.72 bits per heavy atom. The summed E-state index contributed by atoms with van der Waals surface area (Å²) in [5.41, 5.74) is 3.14. The van der Waals surface area contributed by atoms with Crippen LogP contribution < -0.4 is 21.3 Å². The Balaban J connectivity index is 2.08. The molecule has 2 aromatic heterocycles. The highest BCUT2D eigenvalue weighted by Crippen LogP contribution is 2.11. The van der Waals surface area contributed by atoms with Crippen LogP contribution in [0.15, 0.2) is 10.6 Å². The molecule has 2 rings (SSSR count). The molecule has 0 aliphatic rings. The number of hydrogen-bond acceptors (Lipinski definition) is 9. The van der Waals surface area contributed by atoms with Crippen molar-refractivity contribution >= 4 is 11.9 Å². The Hall–Kier alpha value is -2.42. The Labute approximate surface area is 103 Å². The second-order valence-corrected chi connectivity index (χ2v) is 3.40. The monoisotopic (exact) mass is 251 g/mol. The lowest BCUT2D eigenvalue weighted by Gasteiger charge is -2.06. The van der Waals surface area contributed by atoms with Crippen molar-refractivity contribution in [3.05, 3.63) is 17.5 Å². The van der Waals surface area contributed by atoms with Gasteiger partial charge in [0.2, 0.25) is 11.9 Å². The molecule has 0 bridgehead atoms. The van der Waals surface area contributed by atoms with Gasteiger partial charge < -0.3 is 14.6 Å². The van der Waals surface area contributed by atoms with Crippen molar-refractivity contribution in [2.75, 3.05) is 17.9 Å². The molecule has 2 aromatic rings. The molecular formula is C9H13N7O2. The molecule has 0 saturated carbocycles. The minimum absolute atomic E-state index is 0.161. The number of nitrogens with zero attached hydrogens (tertiary/aromatic N) is 4. The van der Waals surface area contributed by atoms with Crippen LogP contribution in [0.3, 0.4) is 0 Å².